The van der Waals surface area contributed by atoms with Crippen molar-refractivity contribution in [3.63, 3.8) is 0 Å². The molecule has 0 aromatic carbocycles. The van der Waals surface area contributed by atoms with Gasteiger partial charge < -0.3 is 14.9 Å². The van der Waals surface area contributed by atoms with Gasteiger partial charge in [-0.25, -0.2) is 9.79 Å². The molecule has 1 unspecified atom stereocenters. The van der Waals surface area contributed by atoms with E-state index >= 15 is 0 Å². The van der Waals surface area contributed by atoms with E-state index in [9.17, 15) is 19.7 Å². The molecule has 0 N–H and O–H groups in total. The summed E-state index contributed by atoms with van der Waals surface area (Å²) >= 11 is 0. The van der Waals surface area contributed by atoms with Gasteiger partial charge in [0, 0.05) is 0 Å². The second kappa shape index (κ2) is 3.73. The van der Waals surface area contributed by atoms with Crippen molar-refractivity contribution in [3.05, 3.63) is 10.1 Å². The highest BCUT2D eigenvalue weighted by Gasteiger charge is 2.37. The number of hydrogen-bond donors (Lipinski definition) is 0. The van der Waals surface area contributed by atoms with Gasteiger partial charge in [-0.2, -0.15) is 0 Å². The van der Waals surface area contributed by atoms with Gasteiger partial charge >= 0.3 is 23.8 Å². The lowest BCUT2D eigenvalue weighted by molar-refractivity contribution is -0.346. The van der Waals surface area contributed by atoms with Gasteiger partial charge in [-0.15, -0.1) is 0 Å². The van der Waals surface area contributed by atoms with Gasteiger partial charge in [0.1, 0.15) is 6.21 Å². The number of nitro groups is 1. The number of amidine groups is 1. The van der Waals surface area contributed by atoms with Crippen molar-refractivity contribution in [2.45, 2.75) is 6.04 Å². The Morgan fingerprint density at radius 1 is 1.71 bits per heavy atom. The first kappa shape index (κ1) is 9.96. The lowest BCUT2D eigenvalue weighted by atomic mass is 10.2. The maximum atomic E-state index is 10.9. The molecular weight excluding hydrogens is 194 g/mol. The van der Waals surface area contributed by atoms with Gasteiger partial charge in [0.15, 0.2) is 0 Å². The van der Waals surface area contributed by atoms with Gasteiger partial charge in [0.05, 0.1) is 7.11 Å². The summed E-state index contributed by atoms with van der Waals surface area (Å²) in [5.74, 6) is -2.48. The van der Waals surface area contributed by atoms with Crippen LogP contribution < -0.4 is 0 Å². The summed E-state index contributed by atoms with van der Waals surface area (Å²) in [6, 6.07) is -1.55. The maximum absolute atomic E-state index is 10.9. The number of amides is 1. The Morgan fingerprint density at radius 2 is 2.36 bits per heavy atom. The second-order valence-electron chi connectivity index (χ2n) is 2.27. The fourth-order valence-electron chi connectivity index (χ4n) is 0.772. The van der Waals surface area contributed by atoms with E-state index in [0.717, 1.165) is 7.11 Å². The number of aliphatic imine (C=N–C) groups is 2. The third-order valence-corrected chi connectivity index (χ3v) is 1.41. The molecule has 1 aliphatic rings. The number of esters is 1. The molecule has 0 spiro atoms. The number of methoxy groups -OCH3 is 1. The van der Waals surface area contributed by atoms with Crippen molar-refractivity contribution in [2.75, 3.05) is 7.11 Å². The van der Waals surface area contributed by atoms with Crippen molar-refractivity contribution < 1.29 is 19.2 Å². The average Bonchev–Trinajstić information content (AvgIpc) is 2.17. The summed E-state index contributed by atoms with van der Waals surface area (Å²) in [5.41, 5.74) is 0. The van der Waals surface area contributed by atoms with Crippen LogP contribution in [0.4, 0.5) is 0 Å². The zero-order valence-electron chi connectivity index (χ0n) is 7.04. The largest absolute Gasteiger partial charge is 0.465 e. The highest BCUT2D eigenvalue weighted by atomic mass is 16.6. The average molecular weight is 199 g/mol. The third-order valence-electron chi connectivity index (χ3n) is 1.41. The summed E-state index contributed by atoms with van der Waals surface area (Å²) in [4.78, 5) is 37.7. The van der Waals surface area contributed by atoms with Crippen molar-refractivity contribution in [3.8, 4) is 0 Å². The van der Waals surface area contributed by atoms with Crippen LogP contribution in [0, 0.1) is 10.1 Å². The van der Waals surface area contributed by atoms with Gasteiger partial charge in [-0.3, -0.25) is 4.79 Å². The van der Waals surface area contributed by atoms with E-state index in [4.69, 9.17) is 0 Å². The zero-order valence-corrected chi connectivity index (χ0v) is 7.04. The highest BCUT2D eigenvalue weighted by molar-refractivity contribution is 6.30. The van der Waals surface area contributed by atoms with Crippen LogP contribution in [0.3, 0.4) is 0 Å². The summed E-state index contributed by atoms with van der Waals surface area (Å²) in [6.45, 7) is 0. The Labute approximate surface area is 77.4 Å². The lowest BCUT2D eigenvalue weighted by Gasteiger charge is -2.04. The van der Waals surface area contributed by atoms with Gasteiger partial charge in [0.25, 0.3) is 0 Å². The smallest absolute Gasteiger partial charge is 0.378 e. The first-order valence-electron chi connectivity index (χ1n) is 3.44. The van der Waals surface area contributed by atoms with Crippen LogP contribution >= 0.6 is 0 Å². The summed E-state index contributed by atoms with van der Waals surface area (Å²) in [5, 5.41) is 10.2. The van der Waals surface area contributed by atoms with Gasteiger partial charge in [0.2, 0.25) is 0 Å². The number of carbonyl (C=O) groups excluding carboxylic acids is 2. The quantitative estimate of drug-likeness (QED) is 0.228. The molecule has 1 heterocycles. The molecule has 0 bridgehead atoms. The molecule has 0 aliphatic carbocycles. The molecule has 1 amide bonds. The lowest BCUT2D eigenvalue weighted by Crippen LogP contribution is -2.34. The van der Waals surface area contributed by atoms with Crippen LogP contribution in [0.2, 0.25) is 0 Å². The van der Waals surface area contributed by atoms with Crippen LogP contribution in [0.15, 0.2) is 9.98 Å². The number of nitrogens with zero attached hydrogens (tertiary/aromatic N) is 3. The Hall–Kier alpha value is -2.12. The van der Waals surface area contributed by atoms with Crippen LogP contribution in [0.25, 0.3) is 0 Å². The molecule has 0 aromatic heterocycles. The Bertz CT molecular complexity index is 358. The van der Waals surface area contributed by atoms with Gasteiger partial charge in [-0.05, 0) is 4.92 Å². The SMILES string of the molecule is COC(=O)C1N=C([N+](=O)[O-])C=NC1=O. The topological polar surface area (TPSA) is 111 Å². The molecule has 0 aromatic rings. The van der Waals surface area contributed by atoms with Crippen molar-refractivity contribution in [2.24, 2.45) is 9.98 Å². The number of hydrogen-bond acceptors (Lipinski definition) is 6. The molecule has 8 nitrogen and oxygen atoms in total. The van der Waals surface area contributed by atoms with E-state index in [0.29, 0.717) is 6.21 Å². The second-order valence-corrected chi connectivity index (χ2v) is 2.27. The maximum Gasteiger partial charge on any atom is 0.378 e. The fraction of sp³-hybridized carbons (Fsp3) is 0.333. The van der Waals surface area contributed by atoms with E-state index in [1.165, 1.54) is 0 Å². The van der Waals surface area contributed by atoms with Crippen LogP contribution in [0.1, 0.15) is 0 Å². The zero-order chi connectivity index (χ0) is 10.7. The first-order valence-corrected chi connectivity index (χ1v) is 3.44. The molecule has 0 saturated carbocycles. The molecule has 0 saturated heterocycles. The van der Waals surface area contributed by atoms with Crippen LogP contribution in [0.5, 0.6) is 0 Å². The molecule has 1 aliphatic heterocycles. The standard InChI is InChI=1S/C6H5N3O5/c1-14-6(11)4-5(10)7-2-3(8-4)9(12)13/h2,4H,1H3. The fourth-order valence-corrected chi connectivity index (χ4v) is 0.772. The van der Waals surface area contributed by atoms with E-state index in [-0.39, 0.29) is 0 Å². The predicted molar refractivity (Wildman–Crippen MR) is 43.7 cm³/mol. The minimum absolute atomic E-state index is 0.639. The predicted octanol–water partition coefficient (Wildman–Crippen LogP) is -1.19. The molecular formula is C6H5N3O5. The first-order chi connectivity index (χ1) is 6.56. The van der Waals surface area contributed by atoms with E-state index < -0.39 is 28.7 Å². The molecule has 14 heavy (non-hydrogen) atoms. The highest BCUT2D eigenvalue weighted by Crippen LogP contribution is 2.03. The molecule has 8 heteroatoms. The Balaban J connectivity index is 2.96. The summed E-state index contributed by atoms with van der Waals surface area (Å²) in [6.07, 6.45) is 0.696. The minimum Gasteiger partial charge on any atom is -0.465 e. The summed E-state index contributed by atoms with van der Waals surface area (Å²) < 4.78 is 4.22. The van der Waals surface area contributed by atoms with Crippen LogP contribution in [-0.2, 0) is 14.3 Å². The third kappa shape index (κ3) is 1.79. The normalized spacial score (nSPS) is 20.2. The Kier molecular flexibility index (Phi) is 2.65. The van der Waals surface area contributed by atoms with Crippen molar-refractivity contribution >= 4 is 23.9 Å². The van der Waals surface area contributed by atoms with E-state index in [2.05, 4.69) is 14.7 Å². The molecule has 1 rings (SSSR count). The van der Waals surface area contributed by atoms with Crippen LogP contribution in [-0.4, -0.2) is 42.0 Å². The van der Waals surface area contributed by atoms with E-state index in [1.54, 1.807) is 0 Å². The number of carbonyl (C=O) groups is 2. The van der Waals surface area contributed by atoms with E-state index in [1.807, 2.05) is 0 Å². The minimum atomic E-state index is -1.55. The molecule has 0 radical (unpaired) electrons. The van der Waals surface area contributed by atoms with Gasteiger partial charge in [-0.1, -0.05) is 4.99 Å². The number of rotatable bonds is 1. The molecule has 1 atom stereocenters. The Morgan fingerprint density at radius 3 is 2.86 bits per heavy atom. The molecule has 0 fully saturated rings. The summed E-state index contributed by atoms with van der Waals surface area (Å²) in [7, 11) is 1.05. The van der Waals surface area contributed by atoms with Crippen molar-refractivity contribution in [1.29, 1.82) is 0 Å². The number of ether oxygens (including phenoxy) is 1. The monoisotopic (exact) mass is 199 g/mol. The van der Waals surface area contributed by atoms with Crippen molar-refractivity contribution in [1.82, 2.24) is 0 Å². The molecule has 74 valence electrons.